The summed E-state index contributed by atoms with van der Waals surface area (Å²) in [7, 11) is 0. The van der Waals surface area contributed by atoms with Crippen molar-refractivity contribution >= 4 is 39.2 Å². The first-order valence-corrected chi connectivity index (χ1v) is 10.4. The number of thioether (sulfide) groups is 1. The fraction of sp³-hybridized carbons (Fsp3) is 0.500. The number of hydrogen-bond donors (Lipinski definition) is 1. The quantitative estimate of drug-likeness (QED) is 0.477. The number of fused-ring (bicyclic) bond motifs is 3. The molecule has 1 aliphatic rings. The van der Waals surface area contributed by atoms with Gasteiger partial charge in [0.1, 0.15) is 4.83 Å². The first-order chi connectivity index (χ1) is 12.0. The number of aromatic nitrogens is 2. The van der Waals surface area contributed by atoms with Crippen LogP contribution in [-0.4, -0.2) is 27.8 Å². The van der Waals surface area contributed by atoms with E-state index in [4.69, 9.17) is 4.98 Å². The first kappa shape index (κ1) is 18.2. The van der Waals surface area contributed by atoms with Crippen molar-refractivity contribution in [2.75, 3.05) is 12.3 Å². The molecule has 0 radical (unpaired) electrons. The van der Waals surface area contributed by atoms with Crippen LogP contribution in [0.25, 0.3) is 10.2 Å². The van der Waals surface area contributed by atoms with Gasteiger partial charge in [-0.3, -0.25) is 14.2 Å². The molecule has 0 saturated carbocycles. The maximum absolute atomic E-state index is 13.1. The number of carbonyl (C=O) groups is 1. The van der Waals surface area contributed by atoms with Gasteiger partial charge in [0.2, 0.25) is 5.91 Å². The van der Waals surface area contributed by atoms with Crippen LogP contribution in [-0.2, 0) is 24.2 Å². The Morgan fingerprint density at radius 1 is 1.56 bits per heavy atom. The summed E-state index contributed by atoms with van der Waals surface area (Å²) in [6.45, 7) is 8.90. The van der Waals surface area contributed by atoms with Crippen molar-refractivity contribution in [1.29, 1.82) is 0 Å². The van der Waals surface area contributed by atoms with Gasteiger partial charge in [0.05, 0.1) is 11.1 Å². The Hall–Kier alpha value is -1.60. The third-order valence-corrected chi connectivity index (χ3v) is 6.52. The molecule has 5 nitrogen and oxygen atoms in total. The van der Waals surface area contributed by atoms with Gasteiger partial charge in [-0.15, -0.1) is 17.9 Å². The number of allylic oxidation sites excluding steroid dienone is 1. The van der Waals surface area contributed by atoms with Crippen LogP contribution in [0.3, 0.4) is 0 Å². The summed E-state index contributed by atoms with van der Waals surface area (Å²) in [5.41, 5.74) is 1.18. The fourth-order valence-electron chi connectivity index (χ4n) is 3.18. The molecule has 0 aromatic carbocycles. The molecule has 1 N–H and O–H groups in total. The number of hydrogen-bond acceptors (Lipinski definition) is 5. The highest BCUT2D eigenvalue weighted by molar-refractivity contribution is 7.99. The molecule has 0 bridgehead atoms. The Morgan fingerprint density at radius 3 is 3.08 bits per heavy atom. The second-order valence-electron chi connectivity index (χ2n) is 6.37. The summed E-state index contributed by atoms with van der Waals surface area (Å²) >= 11 is 2.95. The van der Waals surface area contributed by atoms with Gasteiger partial charge in [-0.25, -0.2) is 4.98 Å². The second-order valence-corrected chi connectivity index (χ2v) is 8.40. The number of carbonyl (C=O) groups excluding carboxylic acids is 1. The number of nitrogens with zero attached hydrogens (tertiary/aromatic N) is 2. The maximum atomic E-state index is 13.1. The second kappa shape index (κ2) is 7.74. The molecule has 3 rings (SSSR count). The van der Waals surface area contributed by atoms with E-state index in [1.807, 2.05) is 6.92 Å². The van der Waals surface area contributed by atoms with E-state index in [1.54, 1.807) is 22.0 Å². The molecule has 25 heavy (non-hydrogen) atoms. The zero-order valence-corrected chi connectivity index (χ0v) is 16.3. The zero-order valence-electron chi connectivity index (χ0n) is 14.6. The Balaban J connectivity index is 2.04. The average Bonchev–Trinajstić information content (AvgIpc) is 2.93. The highest BCUT2D eigenvalue weighted by Crippen LogP contribution is 2.36. The molecular formula is C18H23N3O2S2. The Labute approximate surface area is 155 Å². The van der Waals surface area contributed by atoms with Crippen LogP contribution in [0.2, 0.25) is 0 Å². The van der Waals surface area contributed by atoms with Crippen molar-refractivity contribution in [3.05, 3.63) is 33.4 Å². The Bertz CT molecular complexity index is 869. The van der Waals surface area contributed by atoms with Gasteiger partial charge in [0, 0.05) is 18.0 Å². The highest BCUT2D eigenvalue weighted by Gasteiger charge is 2.24. The molecular weight excluding hydrogens is 354 g/mol. The van der Waals surface area contributed by atoms with Crippen LogP contribution in [0.1, 0.15) is 30.7 Å². The minimum Gasteiger partial charge on any atom is -0.356 e. The molecule has 134 valence electrons. The van der Waals surface area contributed by atoms with Crippen LogP contribution >= 0.6 is 23.1 Å². The summed E-state index contributed by atoms with van der Waals surface area (Å²) in [5.74, 6) is 0.860. The monoisotopic (exact) mass is 377 g/mol. The highest BCUT2D eigenvalue weighted by atomic mass is 32.2. The molecule has 7 heteroatoms. The van der Waals surface area contributed by atoms with Crippen LogP contribution in [0.4, 0.5) is 0 Å². The predicted octanol–water partition coefficient (Wildman–Crippen LogP) is 3.00. The number of nitrogens with one attached hydrogen (secondary N) is 1. The van der Waals surface area contributed by atoms with E-state index in [9.17, 15) is 9.59 Å². The molecule has 2 aromatic heterocycles. The summed E-state index contributed by atoms with van der Waals surface area (Å²) in [6, 6.07) is 0. The number of thiophene rings is 1. The van der Waals surface area contributed by atoms with Crippen LogP contribution in [0.15, 0.2) is 22.6 Å². The van der Waals surface area contributed by atoms with Crippen molar-refractivity contribution in [2.24, 2.45) is 5.92 Å². The van der Waals surface area contributed by atoms with Crippen molar-refractivity contribution in [3.63, 3.8) is 0 Å². The van der Waals surface area contributed by atoms with Gasteiger partial charge in [0.25, 0.3) is 5.56 Å². The van der Waals surface area contributed by atoms with Crippen LogP contribution in [0, 0.1) is 5.92 Å². The van der Waals surface area contributed by atoms with Gasteiger partial charge in [-0.1, -0.05) is 24.8 Å². The minimum atomic E-state index is -0.0497. The standard InChI is InChI=1S/C18H23N3O2S2/c1-4-8-21-17(23)15-12-7-6-11(3)9-13(12)25-16(15)20-18(21)24-10-14(22)19-5-2/h4,11H,1,5-10H2,2-3H3,(H,19,22). The molecule has 1 amide bonds. The average molecular weight is 378 g/mol. The third-order valence-electron chi connectivity index (χ3n) is 4.40. The van der Waals surface area contributed by atoms with Crippen molar-refractivity contribution < 1.29 is 4.79 Å². The van der Waals surface area contributed by atoms with Crippen molar-refractivity contribution in [2.45, 2.75) is 44.8 Å². The molecule has 0 spiro atoms. The molecule has 0 fully saturated rings. The lowest BCUT2D eigenvalue weighted by molar-refractivity contribution is -0.118. The summed E-state index contributed by atoms with van der Waals surface area (Å²) in [4.78, 5) is 31.7. The topological polar surface area (TPSA) is 64.0 Å². The Morgan fingerprint density at radius 2 is 2.36 bits per heavy atom. The SMILES string of the molecule is C=CCn1c(SCC(=O)NCC)nc2sc3c(c2c1=O)CCC(C)C3. The normalized spacial score (nSPS) is 16.6. The van der Waals surface area contributed by atoms with E-state index in [-0.39, 0.29) is 17.2 Å². The van der Waals surface area contributed by atoms with E-state index in [0.29, 0.717) is 24.2 Å². The van der Waals surface area contributed by atoms with E-state index in [1.165, 1.54) is 22.2 Å². The van der Waals surface area contributed by atoms with Crippen LogP contribution < -0.4 is 10.9 Å². The molecule has 1 unspecified atom stereocenters. The number of aryl methyl sites for hydroxylation is 1. The van der Waals surface area contributed by atoms with E-state index < -0.39 is 0 Å². The van der Waals surface area contributed by atoms with Crippen molar-refractivity contribution in [3.8, 4) is 0 Å². The predicted molar refractivity (Wildman–Crippen MR) is 105 cm³/mol. The molecule has 1 aliphatic carbocycles. The maximum Gasteiger partial charge on any atom is 0.263 e. The molecule has 0 saturated heterocycles. The summed E-state index contributed by atoms with van der Waals surface area (Å²) < 4.78 is 1.64. The fourth-order valence-corrected chi connectivity index (χ4v) is 5.45. The number of rotatable bonds is 6. The minimum absolute atomic E-state index is 0.00430. The largest absolute Gasteiger partial charge is 0.356 e. The van der Waals surface area contributed by atoms with Gasteiger partial charge < -0.3 is 5.32 Å². The van der Waals surface area contributed by atoms with E-state index in [0.717, 1.165) is 29.5 Å². The molecule has 2 aromatic rings. The zero-order chi connectivity index (χ0) is 18.0. The van der Waals surface area contributed by atoms with Gasteiger partial charge in [-0.05, 0) is 37.7 Å². The lowest BCUT2D eigenvalue weighted by atomic mass is 9.89. The van der Waals surface area contributed by atoms with E-state index in [2.05, 4.69) is 18.8 Å². The smallest absolute Gasteiger partial charge is 0.263 e. The van der Waals surface area contributed by atoms with Gasteiger partial charge >= 0.3 is 0 Å². The summed E-state index contributed by atoms with van der Waals surface area (Å²) in [5, 5.41) is 4.14. The van der Waals surface area contributed by atoms with Gasteiger partial charge in [-0.2, -0.15) is 0 Å². The molecule has 0 aliphatic heterocycles. The van der Waals surface area contributed by atoms with Gasteiger partial charge in [0.15, 0.2) is 5.16 Å². The number of amides is 1. The Kier molecular flexibility index (Phi) is 5.64. The lowest BCUT2D eigenvalue weighted by Gasteiger charge is -2.17. The molecule has 1 atom stereocenters. The molecule has 2 heterocycles. The third kappa shape index (κ3) is 3.67. The van der Waals surface area contributed by atoms with Crippen LogP contribution in [0.5, 0.6) is 0 Å². The lowest BCUT2D eigenvalue weighted by Crippen LogP contribution is -2.26. The summed E-state index contributed by atoms with van der Waals surface area (Å²) in [6.07, 6.45) is 4.80. The van der Waals surface area contributed by atoms with Crippen molar-refractivity contribution in [1.82, 2.24) is 14.9 Å². The van der Waals surface area contributed by atoms with E-state index >= 15 is 0 Å². The first-order valence-electron chi connectivity index (χ1n) is 8.60.